The maximum atomic E-state index is 12.1. The minimum absolute atomic E-state index is 0.212. The van der Waals surface area contributed by atoms with Gasteiger partial charge in [0.1, 0.15) is 0 Å². The minimum atomic E-state index is -1.13. The van der Waals surface area contributed by atoms with E-state index < -0.39 is 17.4 Å². The molecule has 0 saturated heterocycles. The average Bonchev–Trinajstić information content (AvgIpc) is 2.68. The lowest BCUT2D eigenvalue weighted by molar-refractivity contribution is -0.171. The first-order chi connectivity index (χ1) is 8.51. The molecule has 1 saturated carbocycles. The van der Waals surface area contributed by atoms with Gasteiger partial charge in [0.15, 0.2) is 5.41 Å². The molecule has 18 heavy (non-hydrogen) atoms. The van der Waals surface area contributed by atoms with Gasteiger partial charge >= 0.3 is 11.9 Å². The summed E-state index contributed by atoms with van der Waals surface area (Å²) in [5.41, 5.74) is -0.0103. The van der Waals surface area contributed by atoms with Crippen LogP contribution in [0.25, 0.3) is 0 Å². The first kappa shape index (κ1) is 14.7. The van der Waals surface area contributed by atoms with Gasteiger partial charge in [-0.2, -0.15) is 0 Å². The summed E-state index contributed by atoms with van der Waals surface area (Å²) >= 11 is 0. The van der Waals surface area contributed by atoms with E-state index in [2.05, 4.69) is 0 Å². The molecule has 1 rings (SSSR count). The Hall–Kier alpha value is -1.32. The predicted octanol–water partition coefficient (Wildman–Crippen LogP) is 2.48. The predicted molar refractivity (Wildman–Crippen MR) is 67.9 cm³/mol. The second kappa shape index (κ2) is 6.03. The molecule has 1 fully saturated rings. The molecule has 0 N–H and O–H groups in total. The molecule has 1 aliphatic carbocycles. The fourth-order valence-corrected chi connectivity index (χ4v) is 2.57. The third kappa shape index (κ3) is 2.57. The van der Waals surface area contributed by atoms with Crippen molar-refractivity contribution in [2.75, 3.05) is 13.2 Å². The molecule has 1 aliphatic rings. The van der Waals surface area contributed by atoms with Crippen molar-refractivity contribution >= 4 is 11.9 Å². The number of hydrogen-bond acceptors (Lipinski definition) is 4. The number of carbonyl (C=O) groups is 2. The highest BCUT2D eigenvalue weighted by Gasteiger charge is 2.54. The Labute approximate surface area is 108 Å². The highest BCUT2D eigenvalue weighted by atomic mass is 16.6. The van der Waals surface area contributed by atoms with Crippen molar-refractivity contribution < 1.29 is 19.1 Å². The van der Waals surface area contributed by atoms with Gasteiger partial charge in [0.05, 0.1) is 13.2 Å². The highest BCUT2D eigenvalue weighted by Crippen LogP contribution is 2.47. The summed E-state index contributed by atoms with van der Waals surface area (Å²) in [5.74, 6) is -0.692. The summed E-state index contributed by atoms with van der Waals surface area (Å²) in [6.07, 6.45) is 2.87. The van der Waals surface area contributed by atoms with Crippen LogP contribution in [0.15, 0.2) is 11.6 Å². The maximum absolute atomic E-state index is 12.1. The first-order valence-electron chi connectivity index (χ1n) is 6.51. The van der Waals surface area contributed by atoms with E-state index in [1.165, 1.54) is 0 Å². The molecule has 0 heterocycles. The fourth-order valence-electron chi connectivity index (χ4n) is 2.57. The lowest BCUT2D eigenvalue weighted by Gasteiger charge is -2.23. The van der Waals surface area contributed by atoms with Gasteiger partial charge in [-0.1, -0.05) is 18.6 Å². The average molecular weight is 254 g/mol. The first-order valence-corrected chi connectivity index (χ1v) is 6.51. The zero-order valence-corrected chi connectivity index (χ0v) is 11.6. The van der Waals surface area contributed by atoms with Gasteiger partial charge in [0.2, 0.25) is 0 Å². The second-order valence-corrected chi connectivity index (χ2v) is 4.67. The van der Waals surface area contributed by atoms with Gasteiger partial charge < -0.3 is 9.47 Å². The van der Waals surface area contributed by atoms with Crippen molar-refractivity contribution in [3.05, 3.63) is 11.6 Å². The summed E-state index contributed by atoms with van der Waals surface area (Å²) in [7, 11) is 0. The molecule has 0 aromatic rings. The summed E-state index contributed by atoms with van der Waals surface area (Å²) < 4.78 is 10.1. The summed E-state index contributed by atoms with van der Waals surface area (Å²) in [6, 6.07) is 0. The molecule has 1 unspecified atom stereocenters. The summed E-state index contributed by atoms with van der Waals surface area (Å²) in [4.78, 5) is 24.3. The van der Waals surface area contributed by atoms with Crippen molar-refractivity contribution in [2.45, 2.75) is 40.5 Å². The SMILES string of the molecule is C/C=C1\CC(C(=O)OCC)(C(=O)OCC)CC1C. The lowest BCUT2D eigenvalue weighted by Crippen LogP contribution is -2.40. The molecule has 102 valence electrons. The van der Waals surface area contributed by atoms with Gasteiger partial charge in [0.25, 0.3) is 0 Å². The van der Waals surface area contributed by atoms with E-state index in [0.717, 1.165) is 5.57 Å². The molecule has 0 aromatic heterocycles. The van der Waals surface area contributed by atoms with Crippen LogP contribution in [0.2, 0.25) is 0 Å². The molecule has 0 radical (unpaired) electrons. The smallest absolute Gasteiger partial charge is 0.323 e. The third-order valence-electron chi connectivity index (χ3n) is 3.50. The third-order valence-corrected chi connectivity index (χ3v) is 3.50. The van der Waals surface area contributed by atoms with E-state index in [9.17, 15) is 9.59 Å². The van der Waals surface area contributed by atoms with Crippen LogP contribution in [0.3, 0.4) is 0 Å². The van der Waals surface area contributed by atoms with Crippen molar-refractivity contribution in [1.82, 2.24) is 0 Å². The molecule has 4 nitrogen and oxygen atoms in total. The summed E-state index contributed by atoms with van der Waals surface area (Å²) in [6.45, 7) is 7.99. The van der Waals surface area contributed by atoms with Crippen molar-refractivity contribution in [3.8, 4) is 0 Å². The van der Waals surface area contributed by atoms with Gasteiger partial charge in [-0.15, -0.1) is 0 Å². The standard InChI is InChI=1S/C14H22O4/c1-5-11-9-14(8-10(11)4,12(15)17-6-2)13(16)18-7-3/h5,10H,6-9H2,1-4H3/b11-5+. The van der Waals surface area contributed by atoms with Gasteiger partial charge in [-0.3, -0.25) is 9.59 Å². The van der Waals surface area contributed by atoms with Crippen LogP contribution in [-0.2, 0) is 19.1 Å². The van der Waals surface area contributed by atoms with Gasteiger partial charge in [0, 0.05) is 0 Å². The Morgan fingerprint density at radius 3 is 2.11 bits per heavy atom. The molecule has 4 heteroatoms. The topological polar surface area (TPSA) is 52.6 Å². The monoisotopic (exact) mass is 254 g/mol. The van der Waals surface area contributed by atoms with Crippen LogP contribution in [0, 0.1) is 11.3 Å². The van der Waals surface area contributed by atoms with Crippen LogP contribution in [0.5, 0.6) is 0 Å². The van der Waals surface area contributed by atoms with Crippen LogP contribution >= 0.6 is 0 Å². The molecule has 0 aromatic carbocycles. The summed E-state index contributed by atoms with van der Waals surface area (Å²) in [5, 5.41) is 0. The van der Waals surface area contributed by atoms with Crippen molar-refractivity contribution in [1.29, 1.82) is 0 Å². The quantitative estimate of drug-likeness (QED) is 0.439. The van der Waals surface area contributed by atoms with Crippen molar-refractivity contribution in [2.24, 2.45) is 11.3 Å². The molecule has 1 atom stereocenters. The fraction of sp³-hybridized carbons (Fsp3) is 0.714. The normalized spacial score (nSPS) is 24.0. The Kier molecular flexibility index (Phi) is 4.93. The van der Waals surface area contributed by atoms with Crippen molar-refractivity contribution in [3.63, 3.8) is 0 Å². The Bertz CT molecular complexity index is 339. The molecule has 0 spiro atoms. The zero-order chi connectivity index (χ0) is 13.8. The van der Waals surface area contributed by atoms with E-state index in [1.807, 2.05) is 19.9 Å². The van der Waals surface area contributed by atoms with E-state index in [1.54, 1.807) is 13.8 Å². The maximum Gasteiger partial charge on any atom is 0.323 e. The zero-order valence-electron chi connectivity index (χ0n) is 11.6. The molecule has 0 bridgehead atoms. The van der Waals surface area contributed by atoms with Crippen LogP contribution in [0.1, 0.15) is 40.5 Å². The van der Waals surface area contributed by atoms with Crippen LogP contribution in [-0.4, -0.2) is 25.2 Å². The number of carbonyl (C=O) groups excluding carboxylic acids is 2. The second-order valence-electron chi connectivity index (χ2n) is 4.67. The number of allylic oxidation sites excluding steroid dienone is 2. The lowest BCUT2D eigenvalue weighted by atomic mass is 9.85. The van der Waals surface area contributed by atoms with Crippen LogP contribution < -0.4 is 0 Å². The highest BCUT2D eigenvalue weighted by molar-refractivity contribution is 6.01. The van der Waals surface area contributed by atoms with E-state index in [-0.39, 0.29) is 19.1 Å². The van der Waals surface area contributed by atoms with E-state index in [0.29, 0.717) is 12.8 Å². The number of ether oxygens (including phenoxy) is 2. The Balaban J connectivity index is 3.04. The minimum Gasteiger partial charge on any atom is -0.465 e. The molecule has 0 amide bonds. The van der Waals surface area contributed by atoms with E-state index in [4.69, 9.17) is 9.47 Å². The molecule has 0 aliphatic heterocycles. The number of hydrogen-bond donors (Lipinski definition) is 0. The Morgan fingerprint density at radius 2 is 1.78 bits per heavy atom. The van der Waals surface area contributed by atoms with Gasteiger partial charge in [-0.25, -0.2) is 0 Å². The number of rotatable bonds is 4. The van der Waals surface area contributed by atoms with E-state index >= 15 is 0 Å². The molecular weight excluding hydrogens is 232 g/mol. The Morgan fingerprint density at radius 1 is 1.28 bits per heavy atom. The van der Waals surface area contributed by atoms with Crippen LogP contribution in [0.4, 0.5) is 0 Å². The number of esters is 2. The largest absolute Gasteiger partial charge is 0.465 e. The molecular formula is C14H22O4. The van der Waals surface area contributed by atoms with Gasteiger partial charge in [-0.05, 0) is 39.5 Å².